The molecule has 3 heterocycles. The van der Waals surface area contributed by atoms with E-state index in [2.05, 4.69) is 40.0 Å². The number of nitrogens with zero attached hydrogens (tertiary/aromatic N) is 2. The van der Waals surface area contributed by atoms with Gasteiger partial charge in [0.25, 0.3) is 5.91 Å². The summed E-state index contributed by atoms with van der Waals surface area (Å²) in [6, 6.07) is 11.1. The number of carbonyl (C=O) groups excluding carboxylic acids is 3. The Morgan fingerprint density at radius 3 is 2.65 bits per heavy atom. The first-order valence-corrected chi connectivity index (χ1v) is 11.6. The highest BCUT2D eigenvalue weighted by atomic mass is 32.1. The number of carbonyl (C=O) groups is 3. The van der Waals surface area contributed by atoms with Crippen molar-refractivity contribution in [2.24, 2.45) is 5.92 Å². The first-order chi connectivity index (χ1) is 15.0. The maximum atomic E-state index is 13.1. The first kappa shape index (κ1) is 21.5. The summed E-state index contributed by atoms with van der Waals surface area (Å²) in [6.07, 6.45) is 2.34. The second-order valence-electron chi connectivity index (χ2n) is 8.26. The minimum Gasteiger partial charge on any atom is -0.350 e. The number of nitrogens with one attached hydrogen (secondary N) is 2. The lowest BCUT2D eigenvalue weighted by Crippen LogP contribution is -2.41. The van der Waals surface area contributed by atoms with Crippen molar-refractivity contribution >= 4 is 29.2 Å². The number of amides is 4. The van der Waals surface area contributed by atoms with Crippen LogP contribution < -0.4 is 10.6 Å². The average Bonchev–Trinajstić information content (AvgIpc) is 3.41. The smallest absolute Gasteiger partial charge is 0.324 e. The van der Waals surface area contributed by atoms with Crippen molar-refractivity contribution in [2.45, 2.75) is 32.4 Å². The van der Waals surface area contributed by atoms with E-state index in [1.165, 1.54) is 17.7 Å². The van der Waals surface area contributed by atoms with Crippen LogP contribution in [-0.4, -0.2) is 53.8 Å². The van der Waals surface area contributed by atoms with Crippen molar-refractivity contribution in [3.8, 4) is 0 Å². The molecule has 2 aliphatic rings. The van der Waals surface area contributed by atoms with E-state index in [-0.39, 0.29) is 30.9 Å². The molecule has 0 spiro atoms. The van der Waals surface area contributed by atoms with Crippen molar-refractivity contribution in [2.75, 3.05) is 26.2 Å². The van der Waals surface area contributed by atoms with Gasteiger partial charge in [-0.3, -0.25) is 19.4 Å². The van der Waals surface area contributed by atoms with Crippen molar-refractivity contribution < 1.29 is 14.4 Å². The van der Waals surface area contributed by atoms with Gasteiger partial charge in [-0.25, -0.2) is 4.79 Å². The third-order valence-corrected chi connectivity index (χ3v) is 7.09. The Bertz CT molecular complexity index is 922. The van der Waals surface area contributed by atoms with Gasteiger partial charge in [0.15, 0.2) is 0 Å². The van der Waals surface area contributed by atoms with Crippen LogP contribution >= 0.6 is 11.3 Å². The largest absolute Gasteiger partial charge is 0.350 e. The van der Waals surface area contributed by atoms with Crippen LogP contribution in [0.3, 0.4) is 0 Å². The van der Waals surface area contributed by atoms with E-state index in [4.69, 9.17) is 0 Å². The molecule has 8 heteroatoms. The Balaban J connectivity index is 1.46. The topological polar surface area (TPSA) is 81.8 Å². The lowest BCUT2D eigenvalue weighted by molar-refractivity contribution is -0.125. The van der Waals surface area contributed by atoms with E-state index in [0.29, 0.717) is 17.7 Å². The summed E-state index contributed by atoms with van der Waals surface area (Å²) >= 11 is 1.72. The Morgan fingerprint density at radius 2 is 1.97 bits per heavy atom. The molecule has 1 aromatic heterocycles. The standard InChI is InChI=1S/C23H28N4O3S/c1-16-8-10-26(11-9-16)19(20-7-4-12-31-20)13-24-22(29)18-6-3-2-5-17(18)15-27-21(28)14-25-23(27)30/h2-7,12,16,19H,8-11,13-15H2,1H3,(H,24,29)(H,25,30)/t19-/m1/s1. The highest BCUT2D eigenvalue weighted by Crippen LogP contribution is 2.29. The highest BCUT2D eigenvalue weighted by molar-refractivity contribution is 7.10. The molecular formula is C23H28N4O3S. The molecule has 2 fully saturated rings. The summed E-state index contributed by atoms with van der Waals surface area (Å²) in [7, 11) is 0. The highest BCUT2D eigenvalue weighted by Gasteiger charge is 2.30. The number of thiophene rings is 1. The lowest BCUT2D eigenvalue weighted by atomic mass is 9.97. The summed E-state index contributed by atoms with van der Waals surface area (Å²) in [4.78, 5) is 41.8. The van der Waals surface area contributed by atoms with E-state index < -0.39 is 6.03 Å². The number of hydrogen-bond acceptors (Lipinski definition) is 5. The fourth-order valence-corrected chi connectivity index (χ4v) is 5.04. The molecule has 0 unspecified atom stereocenters. The maximum absolute atomic E-state index is 13.1. The molecule has 2 N–H and O–H groups in total. The van der Waals surface area contributed by atoms with E-state index in [1.54, 1.807) is 29.5 Å². The van der Waals surface area contributed by atoms with Gasteiger partial charge in [-0.1, -0.05) is 31.2 Å². The summed E-state index contributed by atoms with van der Waals surface area (Å²) in [5.41, 5.74) is 1.15. The van der Waals surface area contributed by atoms with Crippen LogP contribution in [-0.2, 0) is 11.3 Å². The number of rotatable bonds is 7. The van der Waals surface area contributed by atoms with E-state index >= 15 is 0 Å². The molecule has 2 aromatic rings. The van der Waals surface area contributed by atoms with Gasteiger partial charge in [0.2, 0.25) is 5.91 Å². The van der Waals surface area contributed by atoms with Gasteiger partial charge >= 0.3 is 6.03 Å². The molecule has 0 bridgehead atoms. The van der Waals surface area contributed by atoms with Crippen LogP contribution in [0.15, 0.2) is 41.8 Å². The SMILES string of the molecule is CC1CCN([C@H](CNC(=O)c2ccccc2CN2C(=O)CNC2=O)c2cccs2)CC1. The van der Waals surface area contributed by atoms with Crippen LogP contribution in [0, 0.1) is 5.92 Å². The van der Waals surface area contributed by atoms with E-state index in [9.17, 15) is 14.4 Å². The number of benzene rings is 1. The fraction of sp³-hybridized carbons (Fsp3) is 0.435. The Morgan fingerprint density at radius 1 is 1.19 bits per heavy atom. The molecule has 31 heavy (non-hydrogen) atoms. The molecule has 164 valence electrons. The normalized spacial score (nSPS) is 18.8. The van der Waals surface area contributed by atoms with Crippen LogP contribution in [0.1, 0.15) is 46.6 Å². The Labute approximate surface area is 186 Å². The van der Waals surface area contributed by atoms with E-state index in [0.717, 1.165) is 23.9 Å². The molecule has 2 saturated heterocycles. The molecule has 1 atom stereocenters. The average molecular weight is 441 g/mol. The molecule has 0 aliphatic carbocycles. The third-order valence-electron chi connectivity index (χ3n) is 6.11. The number of hydrogen-bond donors (Lipinski definition) is 2. The molecule has 4 rings (SSSR count). The van der Waals surface area contributed by atoms with Crippen LogP contribution in [0.5, 0.6) is 0 Å². The predicted molar refractivity (Wildman–Crippen MR) is 120 cm³/mol. The molecule has 0 saturated carbocycles. The van der Waals surface area contributed by atoms with Crippen molar-refractivity contribution in [3.63, 3.8) is 0 Å². The zero-order valence-corrected chi connectivity index (χ0v) is 18.5. The molecule has 0 radical (unpaired) electrons. The number of likely N-dealkylation sites (tertiary alicyclic amines) is 1. The van der Waals surface area contributed by atoms with Gasteiger partial charge in [-0.15, -0.1) is 11.3 Å². The van der Waals surface area contributed by atoms with Crippen molar-refractivity contribution in [1.29, 1.82) is 0 Å². The van der Waals surface area contributed by atoms with Gasteiger partial charge in [0, 0.05) is 17.0 Å². The molecule has 1 aromatic carbocycles. The Hall–Kier alpha value is -2.71. The van der Waals surface area contributed by atoms with Gasteiger partial charge in [-0.2, -0.15) is 0 Å². The quantitative estimate of drug-likeness (QED) is 0.649. The third kappa shape index (κ3) is 4.97. The van der Waals surface area contributed by atoms with Gasteiger partial charge < -0.3 is 10.6 Å². The maximum Gasteiger partial charge on any atom is 0.324 e. The van der Waals surface area contributed by atoms with Gasteiger partial charge in [0.1, 0.15) is 0 Å². The molecular weight excluding hydrogens is 412 g/mol. The predicted octanol–water partition coefficient (Wildman–Crippen LogP) is 3.00. The number of urea groups is 1. The van der Waals surface area contributed by atoms with Crippen molar-refractivity contribution in [1.82, 2.24) is 20.4 Å². The first-order valence-electron chi connectivity index (χ1n) is 10.7. The number of piperidine rings is 1. The summed E-state index contributed by atoms with van der Waals surface area (Å²) in [6.45, 7) is 4.97. The zero-order valence-electron chi connectivity index (χ0n) is 17.7. The summed E-state index contributed by atoms with van der Waals surface area (Å²) < 4.78 is 0. The van der Waals surface area contributed by atoms with Gasteiger partial charge in [0.05, 0.1) is 19.1 Å². The minimum atomic E-state index is -0.419. The Kier molecular flexibility index (Phi) is 6.67. The van der Waals surface area contributed by atoms with Crippen LogP contribution in [0.25, 0.3) is 0 Å². The monoisotopic (exact) mass is 440 g/mol. The second kappa shape index (κ2) is 9.62. The summed E-state index contributed by atoms with van der Waals surface area (Å²) in [5.74, 6) is 0.277. The van der Waals surface area contributed by atoms with E-state index in [1.807, 2.05) is 6.07 Å². The minimum absolute atomic E-state index is 0.00411. The van der Waals surface area contributed by atoms with Crippen LogP contribution in [0.2, 0.25) is 0 Å². The molecule has 2 aliphatic heterocycles. The van der Waals surface area contributed by atoms with Crippen LogP contribution in [0.4, 0.5) is 4.79 Å². The molecule has 4 amide bonds. The van der Waals surface area contributed by atoms with Crippen molar-refractivity contribution in [3.05, 3.63) is 57.8 Å². The number of imide groups is 1. The lowest BCUT2D eigenvalue weighted by Gasteiger charge is -2.36. The fourth-order valence-electron chi connectivity index (χ4n) is 4.18. The molecule has 7 nitrogen and oxygen atoms in total. The second-order valence-corrected chi connectivity index (χ2v) is 9.23. The zero-order chi connectivity index (χ0) is 21.8. The van der Waals surface area contributed by atoms with Gasteiger partial charge in [-0.05, 0) is 54.9 Å². The summed E-state index contributed by atoms with van der Waals surface area (Å²) in [5, 5.41) is 7.70.